The maximum atomic E-state index is 5.60. The van der Waals surface area contributed by atoms with Gasteiger partial charge >= 0.3 is 0 Å². The van der Waals surface area contributed by atoms with Gasteiger partial charge in [-0.2, -0.15) is 0 Å². The summed E-state index contributed by atoms with van der Waals surface area (Å²) in [6.45, 7) is 8.13. The van der Waals surface area contributed by atoms with E-state index >= 15 is 0 Å². The molecule has 0 aromatic heterocycles. The van der Waals surface area contributed by atoms with Crippen molar-refractivity contribution in [2.75, 3.05) is 19.6 Å². The molecule has 12 heavy (non-hydrogen) atoms. The maximum absolute atomic E-state index is 5.60. The first-order valence-corrected chi connectivity index (χ1v) is 5.08. The molecule has 1 aliphatic carbocycles. The molecule has 2 rings (SSSR count). The summed E-state index contributed by atoms with van der Waals surface area (Å²) in [5.41, 5.74) is 5.95. The van der Waals surface area contributed by atoms with Gasteiger partial charge in [-0.1, -0.05) is 0 Å². The van der Waals surface area contributed by atoms with Crippen LogP contribution in [0.3, 0.4) is 0 Å². The van der Waals surface area contributed by atoms with Crippen LogP contribution < -0.4 is 5.73 Å². The number of hydrogen-bond acceptors (Lipinski definition) is 2. The molecule has 0 spiro atoms. The van der Waals surface area contributed by atoms with Gasteiger partial charge in [0, 0.05) is 18.6 Å². The molecule has 0 radical (unpaired) electrons. The minimum atomic E-state index is 0.349. The van der Waals surface area contributed by atoms with E-state index < -0.39 is 0 Å². The van der Waals surface area contributed by atoms with Crippen molar-refractivity contribution in [3.63, 3.8) is 0 Å². The lowest BCUT2D eigenvalue weighted by molar-refractivity contribution is 0.130. The fraction of sp³-hybridized carbons (Fsp3) is 1.00. The van der Waals surface area contributed by atoms with Crippen LogP contribution >= 0.6 is 0 Å². The van der Waals surface area contributed by atoms with Gasteiger partial charge in [0.1, 0.15) is 0 Å². The second-order valence-corrected chi connectivity index (χ2v) is 5.01. The van der Waals surface area contributed by atoms with Crippen molar-refractivity contribution in [3.05, 3.63) is 0 Å². The van der Waals surface area contributed by atoms with Crippen LogP contribution in [0.1, 0.15) is 26.7 Å². The van der Waals surface area contributed by atoms with E-state index in [-0.39, 0.29) is 0 Å². The van der Waals surface area contributed by atoms with Crippen LogP contribution in [0.2, 0.25) is 0 Å². The minimum Gasteiger partial charge on any atom is -0.330 e. The van der Waals surface area contributed by atoms with Crippen molar-refractivity contribution in [3.8, 4) is 0 Å². The molecular weight excluding hydrogens is 148 g/mol. The van der Waals surface area contributed by atoms with Gasteiger partial charge in [-0.05, 0) is 45.1 Å². The molecule has 1 saturated heterocycles. The molecule has 0 aromatic rings. The summed E-state index contributed by atoms with van der Waals surface area (Å²) in [6.07, 6.45) is 2.63. The Bertz CT molecular complexity index is 167. The predicted molar refractivity (Wildman–Crippen MR) is 50.9 cm³/mol. The third-order valence-corrected chi connectivity index (χ3v) is 3.59. The average Bonchev–Trinajstić information content (AvgIpc) is 2.59. The molecule has 0 amide bonds. The molecule has 2 N–H and O–H groups in total. The lowest BCUT2D eigenvalue weighted by Crippen LogP contribution is -2.44. The Morgan fingerprint density at radius 3 is 2.42 bits per heavy atom. The molecule has 70 valence electrons. The Kier molecular flexibility index (Phi) is 1.92. The van der Waals surface area contributed by atoms with Crippen LogP contribution in [0.15, 0.2) is 0 Å². The van der Waals surface area contributed by atoms with E-state index in [1.165, 1.54) is 19.5 Å². The molecule has 1 aliphatic heterocycles. The summed E-state index contributed by atoms with van der Waals surface area (Å²) < 4.78 is 0. The highest BCUT2D eigenvalue weighted by atomic mass is 15.2. The summed E-state index contributed by atoms with van der Waals surface area (Å²) in [4.78, 5) is 2.62. The molecule has 2 heteroatoms. The standard InChI is InChI=1S/C10H20N2/c1-10(2,3-4-11)12-6-8-5-9(8)7-12/h8-9H,3-7,11H2,1-2H3. The van der Waals surface area contributed by atoms with Crippen molar-refractivity contribution < 1.29 is 0 Å². The normalized spacial score (nSPS) is 35.2. The van der Waals surface area contributed by atoms with Gasteiger partial charge in [-0.3, -0.25) is 4.90 Å². The first-order chi connectivity index (χ1) is 5.63. The number of rotatable bonds is 3. The fourth-order valence-corrected chi connectivity index (χ4v) is 2.40. The fourth-order valence-electron chi connectivity index (χ4n) is 2.40. The van der Waals surface area contributed by atoms with Crippen LogP contribution in [0, 0.1) is 11.8 Å². The number of hydrogen-bond donors (Lipinski definition) is 1. The first kappa shape index (κ1) is 8.52. The van der Waals surface area contributed by atoms with Gasteiger partial charge in [0.15, 0.2) is 0 Å². The van der Waals surface area contributed by atoms with E-state index in [2.05, 4.69) is 18.7 Å². The van der Waals surface area contributed by atoms with Gasteiger partial charge in [0.25, 0.3) is 0 Å². The van der Waals surface area contributed by atoms with E-state index in [9.17, 15) is 0 Å². The van der Waals surface area contributed by atoms with Gasteiger partial charge < -0.3 is 5.73 Å². The minimum absolute atomic E-state index is 0.349. The molecule has 1 saturated carbocycles. The van der Waals surface area contributed by atoms with Crippen LogP contribution in [0.25, 0.3) is 0 Å². The predicted octanol–water partition coefficient (Wildman–Crippen LogP) is 1.07. The zero-order valence-electron chi connectivity index (χ0n) is 8.21. The van der Waals surface area contributed by atoms with Crippen LogP contribution in [-0.4, -0.2) is 30.1 Å². The number of nitrogens with zero attached hydrogens (tertiary/aromatic N) is 1. The molecule has 2 unspecified atom stereocenters. The highest BCUT2D eigenvalue weighted by Gasteiger charge is 2.48. The number of likely N-dealkylation sites (tertiary alicyclic amines) is 1. The molecule has 1 heterocycles. The summed E-state index contributed by atoms with van der Waals surface area (Å²) in [6, 6.07) is 0. The van der Waals surface area contributed by atoms with Gasteiger partial charge in [-0.25, -0.2) is 0 Å². The van der Waals surface area contributed by atoms with Crippen LogP contribution in [0.5, 0.6) is 0 Å². The van der Waals surface area contributed by atoms with Crippen LogP contribution in [0.4, 0.5) is 0 Å². The van der Waals surface area contributed by atoms with Crippen molar-refractivity contribution >= 4 is 0 Å². The second kappa shape index (κ2) is 2.71. The van der Waals surface area contributed by atoms with Crippen molar-refractivity contribution in [2.24, 2.45) is 17.6 Å². The molecule has 2 aliphatic rings. The van der Waals surface area contributed by atoms with Crippen molar-refractivity contribution in [1.29, 1.82) is 0 Å². The van der Waals surface area contributed by atoms with Gasteiger partial charge in [0.2, 0.25) is 0 Å². The average molecular weight is 168 g/mol. The van der Waals surface area contributed by atoms with E-state index in [1.54, 1.807) is 0 Å². The number of fused-ring (bicyclic) bond motifs is 1. The largest absolute Gasteiger partial charge is 0.330 e. The number of nitrogens with two attached hydrogens (primary N) is 1. The van der Waals surface area contributed by atoms with Crippen molar-refractivity contribution in [1.82, 2.24) is 4.90 Å². The second-order valence-electron chi connectivity index (χ2n) is 5.01. The van der Waals surface area contributed by atoms with Crippen molar-refractivity contribution in [2.45, 2.75) is 32.2 Å². The first-order valence-electron chi connectivity index (χ1n) is 5.08. The van der Waals surface area contributed by atoms with E-state index in [0.29, 0.717) is 5.54 Å². The zero-order chi connectivity index (χ0) is 8.77. The van der Waals surface area contributed by atoms with E-state index in [1.807, 2.05) is 0 Å². The summed E-state index contributed by atoms with van der Waals surface area (Å²) in [5, 5.41) is 0. The highest BCUT2D eigenvalue weighted by Crippen LogP contribution is 2.47. The summed E-state index contributed by atoms with van der Waals surface area (Å²) in [5.74, 6) is 2.09. The quantitative estimate of drug-likeness (QED) is 0.683. The molecule has 2 nitrogen and oxygen atoms in total. The molecule has 0 bridgehead atoms. The lowest BCUT2D eigenvalue weighted by Gasteiger charge is -2.36. The third kappa shape index (κ3) is 1.38. The highest BCUT2D eigenvalue weighted by molar-refractivity contribution is 5.01. The monoisotopic (exact) mass is 168 g/mol. The Hall–Kier alpha value is -0.0800. The SMILES string of the molecule is CC(C)(CCN)N1CC2CC2C1. The molecule has 2 atom stereocenters. The smallest absolute Gasteiger partial charge is 0.0165 e. The third-order valence-electron chi connectivity index (χ3n) is 3.59. The van der Waals surface area contributed by atoms with Gasteiger partial charge in [-0.15, -0.1) is 0 Å². The lowest BCUT2D eigenvalue weighted by atomic mass is 9.98. The Balaban J connectivity index is 1.90. The van der Waals surface area contributed by atoms with E-state index in [0.717, 1.165) is 24.8 Å². The summed E-state index contributed by atoms with van der Waals surface area (Å²) >= 11 is 0. The van der Waals surface area contributed by atoms with Gasteiger partial charge in [0.05, 0.1) is 0 Å². The molecule has 0 aromatic carbocycles. The Morgan fingerprint density at radius 2 is 1.92 bits per heavy atom. The Labute approximate surface area is 75.1 Å². The zero-order valence-corrected chi connectivity index (χ0v) is 8.21. The maximum Gasteiger partial charge on any atom is 0.0165 e. The number of piperidine rings is 1. The topological polar surface area (TPSA) is 29.3 Å². The molecule has 2 fully saturated rings. The molecular formula is C10H20N2. The van der Waals surface area contributed by atoms with E-state index in [4.69, 9.17) is 5.73 Å². The van der Waals surface area contributed by atoms with Crippen LogP contribution in [-0.2, 0) is 0 Å². The summed E-state index contributed by atoms with van der Waals surface area (Å²) in [7, 11) is 0. The Morgan fingerprint density at radius 1 is 1.33 bits per heavy atom.